The molecule has 0 saturated carbocycles. The number of ether oxygens (including phenoxy) is 4. The lowest BCUT2D eigenvalue weighted by Crippen LogP contribution is -2.37. The van der Waals surface area contributed by atoms with Gasteiger partial charge in [0.05, 0.1) is 12.8 Å². The van der Waals surface area contributed by atoms with E-state index in [2.05, 4.69) is 0 Å². The molecule has 0 fully saturated rings. The number of anilines is 1. The van der Waals surface area contributed by atoms with Crippen LogP contribution in [-0.2, 0) is 20.8 Å². The van der Waals surface area contributed by atoms with Gasteiger partial charge in [0.15, 0.2) is 0 Å². The minimum Gasteiger partial charge on any atom is -0.487 e. The predicted octanol–water partition coefficient (Wildman–Crippen LogP) is 9.47. The Balaban J connectivity index is 0.00000243. The van der Waals surface area contributed by atoms with Crippen LogP contribution in [0.2, 0.25) is 0 Å². The minimum absolute atomic E-state index is 0.0289. The van der Waals surface area contributed by atoms with Gasteiger partial charge in [-0.25, -0.2) is 19.0 Å². The van der Waals surface area contributed by atoms with E-state index in [4.69, 9.17) is 18.9 Å². The number of esters is 1. The van der Waals surface area contributed by atoms with Crippen molar-refractivity contribution >= 4 is 34.7 Å². The molecule has 0 unspecified atom stereocenters. The molecule has 3 rings (SSSR count). The quantitative estimate of drug-likeness (QED) is 0.147. The Labute approximate surface area is 269 Å². The van der Waals surface area contributed by atoms with Gasteiger partial charge in [0, 0.05) is 18.0 Å². The Morgan fingerprint density at radius 3 is 1.98 bits per heavy atom. The zero-order chi connectivity index (χ0) is 34.5. The Morgan fingerprint density at radius 1 is 0.889 bits per heavy atom. The summed E-state index contributed by atoms with van der Waals surface area (Å²) >= 11 is 0. The SMILES string of the molecule is C/C=C/CN(C(=O)OC(C)(C)C)c1cc(OCc2ccccc2)c2c(cc(C(=O)OC)n2C(=O)OC(C)(C)C)c1C.CC.CC. The van der Waals surface area contributed by atoms with E-state index in [0.29, 0.717) is 22.2 Å². The second kappa shape index (κ2) is 17.3. The largest absolute Gasteiger partial charge is 0.487 e. The average Bonchev–Trinajstić information content (AvgIpc) is 3.40. The summed E-state index contributed by atoms with van der Waals surface area (Å²) in [5.74, 6) is -0.445. The van der Waals surface area contributed by atoms with Crippen molar-refractivity contribution in [1.82, 2.24) is 4.57 Å². The fraction of sp³-hybridized carbons (Fsp3) is 0.472. The van der Waals surface area contributed by atoms with Gasteiger partial charge in [-0.05, 0) is 72.6 Å². The van der Waals surface area contributed by atoms with Gasteiger partial charge in [-0.1, -0.05) is 70.2 Å². The van der Waals surface area contributed by atoms with Crippen molar-refractivity contribution in [2.24, 2.45) is 0 Å². The zero-order valence-corrected chi connectivity index (χ0v) is 29.4. The van der Waals surface area contributed by atoms with Gasteiger partial charge in [-0.2, -0.15) is 0 Å². The van der Waals surface area contributed by atoms with Gasteiger partial charge in [0.2, 0.25) is 0 Å². The fourth-order valence-corrected chi connectivity index (χ4v) is 4.15. The zero-order valence-electron chi connectivity index (χ0n) is 29.4. The number of carbonyl (C=O) groups excluding carboxylic acids is 3. The molecule has 0 aliphatic heterocycles. The molecule has 1 amide bonds. The van der Waals surface area contributed by atoms with E-state index in [-0.39, 0.29) is 24.6 Å². The van der Waals surface area contributed by atoms with E-state index in [1.807, 2.05) is 84.0 Å². The predicted molar refractivity (Wildman–Crippen MR) is 182 cm³/mol. The van der Waals surface area contributed by atoms with Crippen LogP contribution in [0.1, 0.15) is 97.8 Å². The Kier molecular flexibility index (Phi) is 14.9. The molecular formula is C36H52N2O7. The standard InChI is InChI=1S/C32H40N2O7.2C2H6/c1-10-11-17-33(29(36)40-31(3,4)5)24-19-26(39-20-22-15-13-12-14-16-22)27-23(21(24)2)18-25(28(35)38-9)34(27)30(37)41-32(6,7)8;2*1-2/h10-16,18-19H,17,20H2,1-9H3;2*1-2H3/b11-10+;;. The number of hydrogen-bond donors (Lipinski definition) is 0. The first-order chi connectivity index (χ1) is 21.2. The van der Waals surface area contributed by atoms with E-state index in [9.17, 15) is 14.4 Å². The van der Waals surface area contributed by atoms with Crippen molar-refractivity contribution < 1.29 is 33.3 Å². The van der Waals surface area contributed by atoms with Crippen LogP contribution in [0.25, 0.3) is 10.9 Å². The molecule has 248 valence electrons. The number of fused-ring (bicyclic) bond motifs is 1. The first-order valence-electron chi connectivity index (χ1n) is 15.5. The molecule has 0 radical (unpaired) electrons. The lowest BCUT2D eigenvalue weighted by molar-refractivity contribution is 0.0489. The number of nitrogens with zero attached hydrogens (tertiary/aromatic N) is 2. The Morgan fingerprint density at radius 2 is 1.47 bits per heavy atom. The van der Waals surface area contributed by atoms with Crippen molar-refractivity contribution in [2.75, 3.05) is 18.6 Å². The molecule has 3 aromatic rings. The molecular weight excluding hydrogens is 572 g/mol. The van der Waals surface area contributed by atoms with Gasteiger partial charge in [0.25, 0.3) is 0 Å². The van der Waals surface area contributed by atoms with E-state index < -0.39 is 29.4 Å². The van der Waals surface area contributed by atoms with E-state index in [1.54, 1.807) is 53.7 Å². The summed E-state index contributed by atoms with van der Waals surface area (Å²) in [7, 11) is 1.24. The summed E-state index contributed by atoms with van der Waals surface area (Å²) in [6.45, 7) is 22.7. The van der Waals surface area contributed by atoms with Crippen molar-refractivity contribution in [2.45, 2.75) is 101 Å². The van der Waals surface area contributed by atoms with Gasteiger partial charge in [-0.3, -0.25) is 4.90 Å². The molecule has 1 heterocycles. The highest BCUT2D eigenvalue weighted by atomic mass is 16.6. The molecule has 0 spiro atoms. The summed E-state index contributed by atoms with van der Waals surface area (Å²) in [4.78, 5) is 41.3. The van der Waals surface area contributed by atoms with Crippen molar-refractivity contribution in [1.29, 1.82) is 0 Å². The van der Waals surface area contributed by atoms with Crippen molar-refractivity contribution in [3.05, 3.63) is 71.4 Å². The first-order valence-corrected chi connectivity index (χ1v) is 15.5. The van der Waals surface area contributed by atoms with Crippen molar-refractivity contribution in [3.8, 4) is 5.75 Å². The normalized spacial score (nSPS) is 11.1. The van der Waals surface area contributed by atoms with Crippen LogP contribution in [0.15, 0.2) is 54.6 Å². The first kappa shape index (κ1) is 38.8. The number of benzene rings is 2. The number of allylic oxidation sites excluding steroid dienone is 1. The summed E-state index contributed by atoms with van der Waals surface area (Å²) in [5, 5.41) is 0.519. The van der Waals surface area contributed by atoms with Gasteiger partial charge in [-0.15, -0.1) is 0 Å². The van der Waals surface area contributed by atoms with Gasteiger partial charge >= 0.3 is 18.2 Å². The number of hydrogen-bond acceptors (Lipinski definition) is 7. The number of rotatable bonds is 7. The van der Waals surface area contributed by atoms with Crippen LogP contribution in [0.4, 0.5) is 15.3 Å². The highest BCUT2D eigenvalue weighted by molar-refractivity contribution is 6.07. The number of amides is 1. The minimum atomic E-state index is -0.832. The summed E-state index contributed by atoms with van der Waals surface area (Å²) < 4.78 is 23.9. The molecule has 0 saturated heterocycles. The second-order valence-electron chi connectivity index (χ2n) is 11.6. The molecule has 9 heteroatoms. The maximum atomic E-state index is 13.5. The summed E-state index contributed by atoms with van der Waals surface area (Å²) in [5.41, 5.74) is 0.769. The molecule has 2 aromatic carbocycles. The molecule has 45 heavy (non-hydrogen) atoms. The molecule has 0 aliphatic carbocycles. The third kappa shape index (κ3) is 10.7. The molecule has 9 nitrogen and oxygen atoms in total. The van der Waals surface area contributed by atoms with Crippen LogP contribution >= 0.6 is 0 Å². The van der Waals surface area contributed by atoms with Crippen LogP contribution in [0.3, 0.4) is 0 Å². The monoisotopic (exact) mass is 624 g/mol. The third-order valence-electron chi connectivity index (χ3n) is 5.93. The number of carbonyl (C=O) groups is 3. The van der Waals surface area contributed by atoms with Crippen LogP contribution in [-0.4, -0.2) is 47.6 Å². The van der Waals surface area contributed by atoms with Crippen LogP contribution in [0.5, 0.6) is 5.75 Å². The van der Waals surface area contributed by atoms with Gasteiger partial charge < -0.3 is 18.9 Å². The Bertz CT molecular complexity index is 1440. The Hall–Kier alpha value is -4.27. The second-order valence-corrected chi connectivity index (χ2v) is 11.6. The topological polar surface area (TPSA) is 96.3 Å². The maximum Gasteiger partial charge on any atom is 0.419 e. The summed E-state index contributed by atoms with van der Waals surface area (Å²) in [6.07, 6.45) is 2.37. The number of aryl methyl sites for hydroxylation is 1. The average molecular weight is 625 g/mol. The number of methoxy groups -OCH3 is 1. The highest BCUT2D eigenvalue weighted by Crippen LogP contribution is 2.39. The molecule has 0 aliphatic rings. The lowest BCUT2D eigenvalue weighted by atomic mass is 10.1. The van der Waals surface area contributed by atoms with E-state index in [1.165, 1.54) is 16.6 Å². The van der Waals surface area contributed by atoms with Crippen LogP contribution in [0, 0.1) is 6.92 Å². The van der Waals surface area contributed by atoms with Gasteiger partial charge in [0.1, 0.15) is 34.8 Å². The molecule has 1 aromatic heterocycles. The molecule has 0 atom stereocenters. The highest BCUT2D eigenvalue weighted by Gasteiger charge is 2.31. The van der Waals surface area contributed by atoms with E-state index >= 15 is 0 Å². The summed E-state index contributed by atoms with van der Waals surface area (Å²) in [6, 6.07) is 12.8. The van der Waals surface area contributed by atoms with Crippen molar-refractivity contribution in [3.63, 3.8) is 0 Å². The van der Waals surface area contributed by atoms with Crippen LogP contribution < -0.4 is 9.64 Å². The molecule has 0 N–H and O–H groups in total. The fourth-order valence-electron chi connectivity index (χ4n) is 4.15. The maximum absolute atomic E-state index is 13.5. The smallest absolute Gasteiger partial charge is 0.419 e. The number of aromatic nitrogens is 1. The van der Waals surface area contributed by atoms with E-state index in [0.717, 1.165) is 5.56 Å². The lowest BCUT2D eigenvalue weighted by Gasteiger charge is -2.28. The third-order valence-corrected chi connectivity index (χ3v) is 5.93. The molecule has 0 bridgehead atoms.